The Morgan fingerprint density at radius 3 is 2.72 bits per heavy atom. The van der Waals surface area contributed by atoms with Crippen molar-refractivity contribution < 1.29 is 9.84 Å². The second kappa shape index (κ2) is 4.74. The Kier molecular flexibility index (Phi) is 3.45. The molecule has 0 spiro atoms. The van der Waals surface area contributed by atoms with Gasteiger partial charge in [0.25, 0.3) is 0 Å². The topological polar surface area (TPSA) is 47.3 Å². The van der Waals surface area contributed by atoms with Gasteiger partial charge in [-0.05, 0) is 40.5 Å². The van der Waals surface area contributed by atoms with Crippen molar-refractivity contribution in [3.63, 3.8) is 0 Å². The lowest BCUT2D eigenvalue weighted by molar-refractivity contribution is 0.0918. The van der Waals surface area contributed by atoms with Gasteiger partial charge < -0.3 is 9.84 Å². The Balaban J connectivity index is 2.53. The standard InChI is InChI=1S/C13H15BrN2O2/c1-13(17,12-11(14)8-15-16(12)2)9-5-4-6-10(7-9)18-3/h4-8,17H,1-3H3. The van der Waals surface area contributed by atoms with Crippen molar-refractivity contribution in [3.8, 4) is 5.75 Å². The summed E-state index contributed by atoms with van der Waals surface area (Å²) >= 11 is 3.41. The maximum absolute atomic E-state index is 10.8. The van der Waals surface area contributed by atoms with Crippen LogP contribution in [0.25, 0.3) is 0 Å². The molecular formula is C13H15BrN2O2. The summed E-state index contributed by atoms with van der Waals surface area (Å²) in [4.78, 5) is 0. The lowest BCUT2D eigenvalue weighted by Crippen LogP contribution is -2.26. The van der Waals surface area contributed by atoms with E-state index in [1.165, 1.54) is 0 Å². The second-order valence-corrected chi connectivity index (χ2v) is 5.12. The van der Waals surface area contributed by atoms with Gasteiger partial charge in [-0.1, -0.05) is 12.1 Å². The number of aryl methyl sites for hydroxylation is 1. The smallest absolute Gasteiger partial charge is 0.130 e. The minimum absolute atomic E-state index is 0.704. The Morgan fingerprint density at radius 1 is 1.44 bits per heavy atom. The van der Waals surface area contributed by atoms with E-state index in [4.69, 9.17) is 4.74 Å². The van der Waals surface area contributed by atoms with E-state index in [1.54, 1.807) is 32.0 Å². The van der Waals surface area contributed by atoms with Gasteiger partial charge in [0.2, 0.25) is 0 Å². The van der Waals surface area contributed by atoms with Crippen molar-refractivity contribution in [2.45, 2.75) is 12.5 Å². The average Bonchev–Trinajstić information content (AvgIpc) is 2.69. The number of nitrogens with zero attached hydrogens (tertiary/aromatic N) is 2. The van der Waals surface area contributed by atoms with Gasteiger partial charge >= 0.3 is 0 Å². The molecule has 18 heavy (non-hydrogen) atoms. The molecule has 2 aromatic rings. The first-order chi connectivity index (χ1) is 8.46. The molecule has 2 rings (SSSR count). The van der Waals surface area contributed by atoms with Gasteiger partial charge in [-0.15, -0.1) is 0 Å². The zero-order chi connectivity index (χ0) is 13.3. The number of ether oxygens (including phenoxy) is 1. The van der Waals surface area contributed by atoms with E-state index in [2.05, 4.69) is 21.0 Å². The van der Waals surface area contributed by atoms with Gasteiger partial charge in [0.05, 0.1) is 23.5 Å². The molecule has 4 nitrogen and oxygen atoms in total. The van der Waals surface area contributed by atoms with Gasteiger partial charge in [-0.3, -0.25) is 4.68 Å². The number of halogens is 1. The van der Waals surface area contributed by atoms with Crippen molar-refractivity contribution >= 4 is 15.9 Å². The van der Waals surface area contributed by atoms with Crippen molar-refractivity contribution in [2.24, 2.45) is 7.05 Å². The molecule has 96 valence electrons. The van der Waals surface area contributed by atoms with Crippen LogP contribution in [0.5, 0.6) is 5.75 Å². The lowest BCUT2D eigenvalue weighted by atomic mass is 9.92. The van der Waals surface area contributed by atoms with E-state index >= 15 is 0 Å². The third-order valence-corrected chi connectivity index (χ3v) is 3.57. The molecule has 0 saturated heterocycles. The SMILES string of the molecule is COc1cccc(C(C)(O)c2c(Br)cnn2C)c1. The van der Waals surface area contributed by atoms with Crippen molar-refractivity contribution in [2.75, 3.05) is 7.11 Å². The summed E-state index contributed by atoms with van der Waals surface area (Å²) < 4.78 is 7.61. The quantitative estimate of drug-likeness (QED) is 0.947. The molecule has 0 aliphatic heterocycles. The first-order valence-corrected chi connectivity index (χ1v) is 6.31. The normalized spacial score (nSPS) is 14.3. The number of hydrogen-bond donors (Lipinski definition) is 1. The summed E-state index contributed by atoms with van der Waals surface area (Å²) in [5.74, 6) is 0.714. The fourth-order valence-corrected chi connectivity index (χ4v) is 2.76. The van der Waals surface area contributed by atoms with Crippen LogP contribution in [0.4, 0.5) is 0 Å². The molecule has 0 aliphatic carbocycles. The van der Waals surface area contributed by atoms with Crippen LogP contribution in [-0.2, 0) is 12.6 Å². The highest BCUT2D eigenvalue weighted by Crippen LogP contribution is 2.34. The first-order valence-electron chi connectivity index (χ1n) is 5.51. The lowest BCUT2D eigenvalue weighted by Gasteiger charge is -2.25. The summed E-state index contributed by atoms with van der Waals surface area (Å²) in [7, 11) is 3.41. The van der Waals surface area contributed by atoms with E-state index in [1.807, 2.05) is 24.3 Å². The van der Waals surface area contributed by atoms with Gasteiger partial charge in [-0.2, -0.15) is 5.10 Å². The molecule has 1 atom stereocenters. The van der Waals surface area contributed by atoms with Crippen LogP contribution in [0.3, 0.4) is 0 Å². The highest BCUT2D eigenvalue weighted by molar-refractivity contribution is 9.10. The molecule has 0 bridgehead atoms. The van der Waals surface area contributed by atoms with Crippen LogP contribution in [0.1, 0.15) is 18.2 Å². The number of benzene rings is 1. The molecule has 1 unspecified atom stereocenters. The summed E-state index contributed by atoms with van der Waals surface area (Å²) in [6, 6.07) is 7.38. The van der Waals surface area contributed by atoms with Gasteiger partial charge in [0.15, 0.2) is 0 Å². The van der Waals surface area contributed by atoms with E-state index in [0.717, 1.165) is 10.0 Å². The maximum Gasteiger partial charge on any atom is 0.130 e. The number of methoxy groups -OCH3 is 1. The zero-order valence-electron chi connectivity index (χ0n) is 10.5. The predicted octanol–water partition coefficient (Wildman–Crippen LogP) is 2.45. The Bertz CT molecular complexity index is 544. The maximum atomic E-state index is 10.8. The highest BCUT2D eigenvalue weighted by atomic mass is 79.9. The third kappa shape index (κ3) is 2.15. The minimum atomic E-state index is -1.14. The zero-order valence-corrected chi connectivity index (χ0v) is 12.1. The number of aliphatic hydroxyl groups is 1. The van der Waals surface area contributed by atoms with Crippen molar-refractivity contribution in [3.05, 3.63) is 46.2 Å². The van der Waals surface area contributed by atoms with E-state index < -0.39 is 5.60 Å². The monoisotopic (exact) mass is 310 g/mol. The van der Waals surface area contributed by atoms with Gasteiger partial charge in [0.1, 0.15) is 11.4 Å². The van der Waals surface area contributed by atoms with Crippen LogP contribution in [0.2, 0.25) is 0 Å². The molecule has 0 radical (unpaired) electrons. The molecule has 0 fully saturated rings. The molecular weight excluding hydrogens is 296 g/mol. The first kappa shape index (κ1) is 13.1. The fraction of sp³-hybridized carbons (Fsp3) is 0.308. The van der Waals surface area contributed by atoms with Crippen molar-refractivity contribution in [1.82, 2.24) is 9.78 Å². The molecule has 5 heteroatoms. The van der Waals surface area contributed by atoms with Crippen LogP contribution in [0.15, 0.2) is 34.9 Å². The number of aromatic nitrogens is 2. The number of rotatable bonds is 3. The van der Waals surface area contributed by atoms with E-state index in [-0.39, 0.29) is 0 Å². The van der Waals surface area contributed by atoms with Crippen LogP contribution >= 0.6 is 15.9 Å². The minimum Gasteiger partial charge on any atom is -0.497 e. The Labute approximate surface area is 114 Å². The Morgan fingerprint density at radius 2 is 2.17 bits per heavy atom. The summed E-state index contributed by atoms with van der Waals surface area (Å²) in [5.41, 5.74) is 0.320. The van der Waals surface area contributed by atoms with Crippen LogP contribution in [-0.4, -0.2) is 22.0 Å². The molecule has 1 heterocycles. The molecule has 1 aromatic heterocycles. The largest absolute Gasteiger partial charge is 0.497 e. The predicted molar refractivity (Wildman–Crippen MR) is 72.6 cm³/mol. The van der Waals surface area contributed by atoms with E-state index in [0.29, 0.717) is 11.4 Å². The van der Waals surface area contributed by atoms with E-state index in [9.17, 15) is 5.11 Å². The molecule has 0 aliphatic rings. The molecule has 1 aromatic carbocycles. The van der Waals surface area contributed by atoms with Gasteiger partial charge in [0, 0.05) is 7.05 Å². The average molecular weight is 311 g/mol. The van der Waals surface area contributed by atoms with Gasteiger partial charge in [-0.25, -0.2) is 0 Å². The summed E-state index contributed by atoms with van der Waals surface area (Å²) in [6.45, 7) is 1.74. The fourth-order valence-electron chi connectivity index (χ4n) is 2.02. The molecule has 1 N–H and O–H groups in total. The Hall–Kier alpha value is -1.33. The highest BCUT2D eigenvalue weighted by Gasteiger charge is 2.31. The number of hydrogen-bond acceptors (Lipinski definition) is 3. The molecule has 0 amide bonds. The summed E-state index contributed by atoms with van der Waals surface area (Å²) in [5, 5.41) is 14.9. The third-order valence-electron chi connectivity index (χ3n) is 2.99. The second-order valence-electron chi connectivity index (χ2n) is 4.27. The molecule has 0 saturated carbocycles. The van der Waals surface area contributed by atoms with Crippen LogP contribution < -0.4 is 4.74 Å². The van der Waals surface area contributed by atoms with Crippen molar-refractivity contribution in [1.29, 1.82) is 0 Å². The summed E-state index contributed by atoms with van der Waals surface area (Å²) in [6.07, 6.45) is 1.67. The van der Waals surface area contributed by atoms with Crippen LogP contribution in [0, 0.1) is 0 Å².